The molecule has 0 fully saturated rings. The van der Waals surface area contributed by atoms with Gasteiger partial charge in [-0.1, -0.05) is 24.3 Å². The van der Waals surface area contributed by atoms with Gasteiger partial charge in [0.15, 0.2) is 0 Å². The van der Waals surface area contributed by atoms with Crippen LogP contribution < -0.4 is 0 Å². The summed E-state index contributed by atoms with van der Waals surface area (Å²) in [6.07, 6.45) is 8.80. The topological polar surface area (TPSA) is 40.5 Å². The maximum absolute atomic E-state index is 9.33. The number of aliphatic hydroxyl groups is 2. The molecule has 66 valence electrons. The van der Waals surface area contributed by atoms with Crippen molar-refractivity contribution in [3.05, 3.63) is 24.3 Å². The summed E-state index contributed by atoms with van der Waals surface area (Å²) in [5, 5.41) is 18.7. The van der Waals surface area contributed by atoms with Crippen molar-refractivity contribution in [2.45, 2.75) is 25.0 Å². The molecule has 2 rings (SSSR count). The van der Waals surface area contributed by atoms with Crippen molar-refractivity contribution in [1.82, 2.24) is 0 Å². The van der Waals surface area contributed by atoms with Gasteiger partial charge < -0.3 is 10.2 Å². The molecule has 0 bridgehead atoms. The molecular formula is C10H14O2. The lowest BCUT2D eigenvalue weighted by molar-refractivity contribution is 0.134. The zero-order valence-electron chi connectivity index (χ0n) is 6.93. The summed E-state index contributed by atoms with van der Waals surface area (Å²) in [6.45, 7) is 0. The Morgan fingerprint density at radius 3 is 1.58 bits per heavy atom. The molecule has 2 nitrogen and oxygen atoms in total. The normalized spacial score (nSPS) is 45.8. The lowest BCUT2D eigenvalue weighted by atomic mass is 9.76. The Morgan fingerprint density at radius 1 is 0.750 bits per heavy atom. The van der Waals surface area contributed by atoms with Gasteiger partial charge in [-0.25, -0.2) is 0 Å². The minimum absolute atomic E-state index is 0.286. The van der Waals surface area contributed by atoms with Crippen molar-refractivity contribution in [3.63, 3.8) is 0 Å². The lowest BCUT2D eigenvalue weighted by Gasteiger charge is -2.31. The first-order chi connectivity index (χ1) is 5.75. The van der Waals surface area contributed by atoms with Crippen LogP contribution in [-0.2, 0) is 0 Å². The Kier molecular flexibility index (Phi) is 2.03. The fourth-order valence-electron chi connectivity index (χ4n) is 2.05. The molecule has 0 amide bonds. The van der Waals surface area contributed by atoms with Gasteiger partial charge in [0.1, 0.15) is 0 Å². The van der Waals surface area contributed by atoms with E-state index in [4.69, 9.17) is 0 Å². The summed E-state index contributed by atoms with van der Waals surface area (Å²) in [7, 11) is 0. The Morgan fingerprint density at radius 2 is 1.17 bits per heavy atom. The molecule has 4 unspecified atom stereocenters. The van der Waals surface area contributed by atoms with Crippen LogP contribution in [0.4, 0.5) is 0 Å². The van der Waals surface area contributed by atoms with Crippen molar-refractivity contribution < 1.29 is 10.2 Å². The average Bonchev–Trinajstić information content (AvgIpc) is 2.05. The first-order valence-electron chi connectivity index (χ1n) is 4.48. The Bertz CT molecular complexity index is 196. The van der Waals surface area contributed by atoms with Crippen LogP contribution in [0.3, 0.4) is 0 Å². The predicted molar refractivity (Wildman–Crippen MR) is 46.5 cm³/mol. The molecule has 4 atom stereocenters. The number of hydrogen-bond donors (Lipinski definition) is 2. The molecule has 0 aromatic heterocycles. The third-order valence-corrected chi connectivity index (χ3v) is 2.74. The maximum atomic E-state index is 9.33. The second-order valence-electron chi connectivity index (χ2n) is 3.70. The molecule has 0 saturated carbocycles. The van der Waals surface area contributed by atoms with Crippen LogP contribution in [0.25, 0.3) is 0 Å². The number of aliphatic hydroxyl groups excluding tert-OH is 2. The van der Waals surface area contributed by atoms with E-state index in [-0.39, 0.29) is 12.2 Å². The van der Waals surface area contributed by atoms with Crippen molar-refractivity contribution >= 4 is 0 Å². The lowest BCUT2D eigenvalue weighted by Crippen LogP contribution is -2.28. The molecule has 0 aliphatic heterocycles. The molecule has 0 heterocycles. The Balaban J connectivity index is 2.13. The molecule has 2 heteroatoms. The van der Waals surface area contributed by atoms with E-state index in [1.807, 2.05) is 24.3 Å². The zero-order valence-corrected chi connectivity index (χ0v) is 6.93. The summed E-state index contributed by atoms with van der Waals surface area (Å²) < 4.78 is 0. The van der Waals surface area contributed by atoms with Crippen LogP contribution in [0.1, 0.15) is 12.8 Å². The van der Waals surface area contributed by atoms with Gasteiger partial charge in [-0.15, -0.1) is 0 Å². The SMILES string of the molecule is OC1C=CC2CC(O)C=CC2C1. The van der Waals surface area contributed by atoms with Gasteiger partial charge >= 0.3 is 0 Å². The van der Waals surface area contributed by atoms with E-state index in [1.54, 1.807) is 0 Å². The molecule has 0 aromatic carbocycles. The zero-order chi connectivity index (χ0) is 8.55. The van der Waals surface area contributed by atoms with Gasteiger partial charge in [-0.2, -0.15) is 0 Å². The average molecular weight is 166 g/mol. The molecular weight excluding hydrogens is 152 g/mol. The van der Waals surface area contributed by atoms with Gasteiger partial charge in [0.25, 0.3) is 0 Å². The van der Waals surface area contributed by atoms with E-state index in [1.165, 1.54) is 0 Å². The molecule has 2 N–H and O–H groups in total. The molecule has 12 heavy (non-hydrogen) atoms. The monoisotopic (exact) mass is 166 g/mol. The summed E-state index contributed by atoms with van der Waals surface area (Å²) in [5.74, 6) is 0.877. The maximum Gasteiger partial charge on any atom is 0.0726 e. The number of allylic oxidation sites excluding steroid dienone is 2. The number of hydrogen-bond acceptors (Lipinski definition) is 2. The highest BCUT2D eigenvalue weighted by Crippen LogP contribution is 2.33. The van der Waals surface area contributed by atoms with Crippen molar-refractivity contribution in [2.24, 2.45) is 11.8 Å². The molecule has 0 spiro atoms. The highest BCUT2D eigenvalue weighted by atomic mass is 16.3. The molecule has 2 aliphatic rings. The number of rotatable bonds is 0. The van der Waals surface area contributed by atoms with Crippen LogP contribution in [0.5, 0.6) is 0 Å². The number of fused-ring (bicyclic) bond motifs is 1. The largest absolute Gasteiger partial charge is 0.389 e. The standard InChI is InChI=1S/C10H14O2/c11-9-3-1-7-5-10(12)4-2-8(7)6-9/h1-4,7-12H,5-6H2. The second kappa shape index (κ2) is 3.04. The van der Waals surface area contributed by atoms with Gasteiger partial charge in [0.05, 0.1) is 12.2 Å². The van der Waals surface area contributed by atoms with E-state index < -0.39 is 0 Å². The summed E-state index contributed by atoms with van der Waals surface area (Å²) in [6, 6.07) is 0. The van der Waals surface area contributed by atoms with Crippen LogP contribution in [0.2, 0.25) is 0 Å². The van der Waals surface area contributed by atoms with Gasteiger partial charge in [-0.3, -0.25) is 0 Å². The quantitative estimate of drug-likeness (QED) is 0.524. The smallest absolute Gasteiger partial charge is 0.0726 e. The van der Waals surface area contributed by atoms with Gasteiger partial charge in [0, 0.05) is 0 Å². The minimum atomic E-state index is -0.286. The third-order valence-electron chi connectivity index (χ3n) is 2.74. The highest BCUT2D eigenvalue weighted by Gasteiger charge is 2.27. The van der Waals surface area contributed by atoms with E-state index >= 15 is 0 Å². The third kappa shape index (κ3) is 1.45. The van der Waals surface area contributed by atoms with Crippen LogP contribution in [0.15, 0.2) is 24.3 Å². The van der Waals surface area contributed by atoms with Crippen molar-refractivity contribution in [1.29, 1.82) is 0 Å². The Hall–Kier alpha value is -0.600. The van der Waals surface area contributed by atoms with E-state index in [0.717, 1.165) is 12.8 Å². The Labute approximate surface area is 72.2 Å². The first kappa shape index (κ1) is 8.02. The molecule has 0 aromatic rings. The second-order valence-corrected chi connectivity index (χ2v) is 3.70. The van der Waals surface area contributed by atoms with Gasteiger partial charge in [-0.05, 0) is 24.7 Å². The molecule has 0 radical (unpaired) electrons. The fourth-order valence-corrected chi connectivity index (χ4v) is 2.05. The summed E-state index contributed by atoms with van der Waals surface area (Å²) in [5.41, 5.74) is 0. The van der Waals surface area contributed by atoms with Crippen molar-refractivity contribution in [3.8, 4) is 0 Å². The van der Waals surface area contributed by atoms with Crippen LogP contribution >= 0.6 is 0 Å². The van der Waals surface area contributed by atoms with E-state index in [9.17, 15) is 10.2 Å². The summed E-state index contributed by atoms with van der Waals surface area (Å²) in [4.78, 5) is 0. The van der Waals surface area contributed by atoms with Gasteiger partial charge in [0.2, 0.25) is 0 Å². The fraction of sp³-hybridized carbons (Fsp3) is 0.600. The minimum Gasteiger partial charge on any atom is -0.389 e. The molecule has 2 aliphatic carbocycles. The van der Waals surface area contributed by atoms with Crippen LogP contribution in [-0.4, -0.2) is 22.4 Å². The van der Waals surface area contributed by atoms with E-state index in [0.29, 0.717) is 11.8 Å². The first-order valence-corrected chi connectivity index (χ1v) is 4.48. The van der Waals surface area contributed by atoms with Crippen molar-refractivity contribution in [2.75, 3.05) is 0 Å². The molecule has 0 saturated heterocycles. The predicted octanol–water partition coefficient (Wildman–Crippen LogP) is 0.860. The van der Waals surface area contributed by atoms with Crippen LogP contribution in [0, 0.1) is 11.8 Å². The summed E-state index contributed by atoms with van der Waals surface area (Å²) >= 11 is 0. The highest BCUT2D eigenvalue weighted by molar-refractivity contribution is 5.12. The van der Waals surface area contributed by atoms with E-state index in [2.05, 4.69) is 0 Å².